The average Bonchev–Trinajstić information content (AvgIpc) is 3.01. The summed E-state index contributed by atoms with van der Waals surface area (Å²) in [5, 5.41) is 31.6. The van der Waals surface area contributed by atoms with E-state index in [-0.39, 0.29) is 35.8 Å². The van der Waals surface area contributed by atoms with Crippen LogP contribution in [0.1, 0.15) is 34.7 Å². The third kappa shape index (κ3) is 6.21. The van der Waals surface area contributed by atoms with Crippen molar-refractivity contribution >= 4 is 22.7 Å². The Bertz CT molecular complexity index is 1710. The van der Waals surface area contributed by atoms with Crippen molar-refractivity contribution in [1.82, 2.24) is 9.55 Å². The van der Waals surface area contributed by atoms with Crippen LogP contribution in [0.3, 0.4) is 0 Å². The molecule has 0 saturated carbocycles. The lowest BCUT2D eigenvalue weighted by atomic mass is 9.87. The van der Waals surface area contributed by atoms with E-state index in [1.165, 1.54) is 29.9 Å². The molecule has 0 bridgehead atoms. The summed E-state index contributed by atoms with van der Waals surface area (Å²) in [6.07, 6.45) is 0.166. The Morgan fingerprint density at radius 3 is 2.47 bits per heavy atom. The van der Waals surface area contributed by atoms with Crippen LogP contribution in [-0.4, -0.2) is 71.4 Å². The van der Waals surface area contributed by atoms with E-state index in [0.29, 0.717) is 66.6 Å². The molecule has 5 rings (SSSR count). The van der Waals surface area contributed by atoms with Gasteiger partial charge in [0.15, 0.2) is 11.5 Å². The summed E-state index contributed by atoms with van der Waals surface area (Å²) in [6, 6.07) is 13.4. The Morgan fingerprint density at radius 2 is 1.77 bits per heavy atom. The third-order valence-electron chi connectivity index (χ3n) is 7.85. The number of methoxy groups -OCH3 is 2. The lowest BCUT2D eigenvalue weighted by molar-refractivity contribution is -0.140. The van der Waals surface area contributed by atoms with Gasteiger partial charge in [0.2, 0.25) is 0 Å². The van der Waals surface area contributed by atoms with Crippen LogP contribution in [0.4, 0.5) is 5.82 Å². The number of morpholine rings is 1. The molecule has 0 aliphatic carbocycles. The maximum Gasteiger partial charge on any atom is 0.306 e. The van der Waals surface area contributed by atoms with Crippen molar-refractivity contribution in [3.63, 3.8) is 0 Å². The van der Waals surface area contributed by atoms with Gasteiger partial charge in [-0.25, -0.2) is 4.98 Å². The average molecular weight is 590 g/mol. The minimum atomic E-state index is -0.884. The largest absolute Gasteiger partial charge is 0.507 e. The number of aromatic hydroxyl groups is 3. The molecule has 0 amide bonds. The van der Waals surface area contributed by atoms with E-state index in [0.717, 1.165) is 5.39 Å². The first-order valence-corrected chi connectivity index (χ1v) is 14.0. The summed E-state index contributed by atoms with van der Waals surface area (Å²) < 4.78 is 17.6. The summed E-state index contributed by atoms with van der Waals surface area (Å²) in [5.74, 6) is -0.909. The van der Waals surface area contributed by atoms with Gasteiger partial charge in [0.1, 0.15) is 17.3 Å². The van der Waals surface area contributed by atoms with Gasteiger partial charge in [-0.2, -0.15) is 0 Å². The van der Waals surface area contributed by atoms with Gasteiger partial charge in [-0.15, -0.1) is 0 Å². The maximum atomic E-state index is 14.2. The van der Waals surface area contributed by atoms with E-state index in [1.807, 2.05) is 24.3 Å². The molecule has 1 fully saturated rings. The Morgan fingerprint density at radius 1 is 1.00 bits per heavy atom. The monoisotopic (exact) mass is 589 g/mol. The number of nitrogens with zero attached hydrogens (tertiary/aromatic N) is 3. The fourth-order valence-corrected chi connectivity index (χ4v) is 5.53. The number of aryl methyl sites for hydroxylation is 2. The summed E-state index contributed by atoms with van der Waals surface area (Å²) in [6.45, 7) is 4.08. The number of rotatable bonds is 9. The van der Waals surface area contributed by atoms with Crippen molar-refractivity contribution in [3.05, 3.63) is 81.3 Å². The van der Waals surface area contributed by atoms with E-state index in [2.05, 4.69) is 4.90 Å². The molecule has 0 spiro atoms. The number of benzene rings is 2. The van der Waals surface area contributed by atoms with E-state index >= 15 is 0 Å². The molecule has 1 aliphatic rings. The fourth-order valence-electron chi connectivity index (χ4n) is 5.53. The lowest BCUT2D eigenvalue weighted by Gasteiger charge is -2.32. The summed E-state index contributed by atoms with van der Waals surface area (Å²) in [7, 11) is 2.86. The van der Waals surface area contributed by atoms with Crippen LogP contribution in [0.25, 0.3) is 10.9 Å². The predicted octanol–water partition coefficient (Wildman–Crippen LogP) is 3.60. The molecule has 2 aromatic carbocycles. The molecule has 11 heteroatoms. The highest BCUT2D eigenvalue weighted by molar-refractivity contribution is 5.84. The summed E-state index contributed by atoms with van der Waals surface area (Å²) in [5.41, 5.74) is 2.16. The second-order valence-electron chi connectivity index (χ2n) is 10.5. The second kappa shape index (κ2) is 12.6. The molecule has 226 valence electrons. The van der Waals surface area contributed by atoms with Crippen LogP contribution in [-0.2, 0) is 27.2 Å². The molecule has 3 heterocycles. The molecular formula is C32H35N3O8. The molecule has 1 saturated heterocycles. The van der Waals surface area contributed by atoms with Gasteiger partial charge in [-0.3, -0.25) is 9.59 Å². The number of hydrogen-bond acceptors (Lipinski definition) is 10. The normalized spacial score (nSPS) is 14.1. The van der Waals surface area contributed by atoms with Crippen molar-refractivity contribution < 1.29 is 34.3 Å². The Labute approximate surface area is 248 Å². The molecule has 43 heavy (non-hydrogen) atoms. The van der Waals surface area contributed by atoms with E-state index in [4.69, 9.17) is 19.2 Å². The van der Waals surface area contributed by atoms with Crippen molar-refractivity contribution in [1.29, 1.82) is 0 Å². The number of ether oxygens (including phenoxy) is 3. The number of carbonyl (C=O) groups is 1. The minimum absolute atomic E-state index is 0.0584. The topological polar surface area (TPSA) is 144 Å². The Kier molecular flexibility index (Phi) is 8.72. The van der Waals surface area contributed by atoms with Crippen LogP contribution in [0, 0.1) is 6.92 Å². The number of carbonyl (C=O) groups excluding carboxylic acids is 1. The second-order valence-corrected chi connectivity index (χ2v) is 10.5. The Hall–Kier alpha value is -4.77. The third-order valence-corrected chi connectivity index (χ3v) is 7.85. The van der Waals surface area contributed by atoms with Crippen LogP contribution < -0.4 is 15.2 Å². The van der Waals surface area contributed by atoms with Crippen molar-refractivity contribution in [3.8, 4) is 23.0 Å². The number of aromatic nitrogens is 2. The van der Waals surface area contributed by atoms with Crippen LogP contribution in [0.15, 0.2) is 53.3 Å². The molecule has 4 aromatic rings. The van der Waals surface area contributed by atoms with Gasteiger partial charge in [0.25, 0.3) is 5.56 Å². The fraction of sp³-hybridized carbons (Fsp3) is 0.344. The molecule has 1 aliphatic heterocycles. The summed E-state index contributed by atoms with van der Waals surface area (Å²) in [4.78, 5) is 34.0. The van der Waals surface area contributed by atoms with Crippen molar-refractivity contribution in [2.75, 3.05) is 45.4 Å². The SMILES string of the molecule is COC(=O)CC(c1cc2cc(OC)ccc2nc1N1CCOCC1)c1c(O)cc(C)n(CCc2ccc(O)c(O)c2)c1=O. The van der Waals surface area contributed by atoms with Gasteiger partial charge in [-0.05, 0) is 61.4 Å². The van der Waals surface area contributed by atoms with Gasteiger partial charge in [0.05, 0.1) is 44.9 Å². The first kappa shape index (κ1) is 29.7. The molecular weight excluding hydrogens is 554 g/mol. The number of esters is 1. The molecule has 11 nitrogen and oxygen atoms in total. The zero-order chi connectivity index (χ0) is 30.7. The standard InChI is InChI=1S/C32H35N3O8/c1-19-14-28(38)30(32(40)35(19)9-8-20-4-7-26(36)27(37)15-20)23(18-29(39)42-3)24-17-21-16-22(41-2)5-6-25(21)33-31(24)34-10-12-43-13-11-34/h4-7,14-17,23,36-38H,8-13,18H2,1-3H3. The first-order chi connectivity index (χ1) is 20.7. The predicted molar refractivity (Wildman–Crippen MR) is 160 cm³/mol. The highest BCUT2D eigenvalue weighted by Crippen LogP contribution is 2.39. The first-order valence-electron chi connectivity index (χ1n) is 14.0. The van der Waals surface area contributed by atoms with Crippen LogP contribution in [0.2, 0.25) is 0 Å². The molecule has 1 unspecified atom stereocenters. The van der Waals surface area contributed by atoms with Crippen LogP contribution >= 0.6 is 0 Å². The van der Waals surface area contributed by atoms with Crippen LogP contribution in [0.5, 0.6) is 23.0 Å². The molecule has 2 aromatic heterocycles. The smallest absolute Gasteiger partial charge is 0.306 e. The number of fused-ring (bicyclic) bond motifs is 1. The minimum Gasteiger partial charge on any atom is -0.507 e. The highest BCUT2D eigenvalue weighted by atomic mass is 16.5. The number of pyridine rings is 2. The zero-order valence-electron chi connectivity index (χ0n) is 24.4. The van der Waals surface area contributed by atoms with Gasteiger partial charge in [-0.1, -0.05) is 6.07 Å². The molecule has 1 atom stereocenters. The van der Waals surface area contributed by atoms with Crippen molar-refractivity contribution in [2.24, 2.45) is 0 Å². The van der Waals surface area contributed by atoms with E-state index in [1.54, 1.807) is 20.1 Å². The van der Waals surface area contributed by atoms with Gasteiger partial charge < -0.3 is 39.0 Å². The van der Waals surface area contributed by atoms with Crippen molar-refractivity contribution in [2.45, 2.75) is 32.2 Å². The highest BCUT2D eigenvalue weighted by Gasteiger charge is 2.31. The van der Waals surface area contributed by atoms with Gasteiger partial charge in [0, 0.05) is 42.2 Å². The number of phenolic OH excluding ortho intramolecular Hbond substituents is 2. The summed E-state index contributed by atoms with van der Waals surface area (Å²) >= 11 is 0. The van der Waals surface area contributed by atoms with E-state index < -0.39 is 17.4 Å². The van der Waals surface area contributed by atoms with Gasteiger partial charge >= 0.3 is 5.97 Å². The Balaban J connectivity index is 1.67. The molecule has 3 N–H and O–H groups in total. The molecule has 0 radical (unpaired) electrons. The lowest BCUT2D eigenvalue weighted by Crippen LogP contribution is -2.38. The van der Waals surface area contributed by atoms with E-state index in [9.17, 15) is 24.9 Å². The maximum absolute atomic E-state index is 14.2. The zero-order valence-corrected chi connectivity index (χ0v) is 24.4. The number of hydrogen-bond donors (Lipinski definition) is 3. The quantitative estimate of drug-likeness (QED) is 0.196. The number of anilines is 1. The number of phenols is 2.